The number of nitrogens with zero attached hydrogens (tertiary/aromatic N) is 2. The Balaban J connectivity index is 1.81. The van der Waals surface area contributed by atoms with Gasteiger partial charge in [-0.05, 0) is 79.9 Å². The van der Waals surface area contributed by atoms with Crippen LogP contribution in [0.1, 0.15) is 43.4 Å². The lowest BCUT2D eigenvalue weighted by Crippen LogP contribution is -2.53. The van der Waals surface area contributed by atoms with Gasteiger partial charge in [0.25, 0.3) is 10.0 Å². The molecule has 48 heavy (non-hydrogen) atoms. The third-order valence-electron chi connectivity index (χ3n) is 7.78. The number of ether oxygens (including phenoxy) is 1. The number of amides is 2. The number of aryl methyl sites for hydroxylation is 1. The van der Waals surface area contributed by atoms with Gasteiger partial charge < -0.3 is 15.0 Å². The Labute approximate surface area is 293 Å². The normalized spacial score (nSPS) is 11.9. The van der Waals surface area contributed by atoms with Gasteiger partial charge in [0.05, 0.1) is 17.2 Å². The Hall–Kier alpha value is -4.05. The molecule has 0 aliphatic rings. The molecule has 0 aliphatic heterocycles. The van der Waals surface area contributed by atoms with Crippen molar-refractivity contribution in [2.24, 2.45) is 0 Å². The Morgan fingerprint density at radius 1 is 0.896 bits per heavy atom. The summed E-state index contributed by atoms with van der Waals surface area (Å²) in [4.78, 5) is 30.0. The molecule has 0 heterocycles. The minimum atomic E-state index is -4.23. The molecule has 254 valence electrons. The fourth-order valence-electron chi connectivity index (χ4n) is 5.14. The lowest BCUT2D eigenvalue weighted by atomic mass is 10.0. The van der Waals surface area contributed by atoms with E-state index < -0.39 is 28.5 Å². The highest BCUT2D eigenvalue weighted by Crippen LogP contribution is 2.28. The van der Waals surface area contributed by atoms with Crippen LogP contribution >= 0.6 is 23.2 Å². The maximum Gasteiger partial charge on any atom is 0.264 e. The molecule has 0 saturated carbocycles. The average Bonchev–Trinajstić information content (AvgIpc) is 3.07. The summed E-state index contributed by atoms with van der Waals surface area (Å²) in [6.45, 7) is 5.97. The van der Waals surface area contributed by atoms with Gasteiger partial charge in [-0.1, -0.05) is 90.6 Å². The number of benzene rings is 4. The Morgan fingerprint density at radius 2 is 1.58 bits per heavy atom. The maximum absolute atomic E-state index is 14.6. The summed E-state index contributed by atoms with van der Waals surface area (Å²) >= 11 is 12.8. The molecule has 11 heteroatoms. The lowest BCUT2D eigenvalue weighted by Gasteiger charge is -2.34. The van der Waals surface area contributed by atoms with Crippen LogP contribution in [0.3, 0.4) is 0 Å². The highest BCUT2D eigenvalue weighted by Gasteiger charge is 2.35. The molecule has 4 rings (SSSR count). The zero-order chi connectivity index (χ0) is 34.7. The summed E-state index contributed by atoms with van der Waals surface area (Å²) in [5, 5.41) is 3.72. The quantitative estimate of drug-likeness (QED) is 0.122. The molecule has 0 aromatic heterocycles. The van der Waals surface area contributed by atoms with E-state index in [4.69, 9.17) is 27.9 Å². The van der Waals surface area contributed by atoms with Crippen LogP contribution in [0, 0.1) is 6.92 Å². The summed E-state index contributed by atoms with van der Waals surface area (Å²) in [5.74, 6) is -0.372. The molecule has 0 radical (unpaired) electrons. The van der Waals surface area contributed by atoms with Crippen LogP contribution in [0.15, 0.2) is 102 Å². The van der Waals surface area contributed by atoms with Crippen molar-refractivity contribution >= 4 is 50.7 Å². The number of hydrogen-bond acceptors (Lipinski definition) is 5. The van der Waals surface area contributed by atoms with E-state index in [1.165, 1.54) is 17.0 Å². The molecule has 1 atom stereocenters. The minimum Gasteiger partial charge on any atom is -0.494 e. The van der Waals surface area contributed by atoms with E-state index in [-0.39, 0.29) is 29.5 Å². The zero-order valence-electron chi connectivity index (χ0n) is 27.4. The van der Waals surface area contributed by atoms with Gasteiger partial charge in [0.15, 0.2) is 0 Å². The van der Waals surface area contributed by atoms with Crippen molar-refractivity contribution in [3.63, 3.8) is 0 Å². The highest BCUT2D eigenvalue weighted by atomic mass is 35.5. The van der Waals surface area contributed by atoms with E-state index in [0.29, 0.717) is 34.5 Å². The van der Waals surface area contributed by atoms with Crippen molar-refractivity contribution in [2.75, 3.05) is 24.0 Å². The largest absolute Gasteiger partial charge is 0.494 e. The molecule has 4 aromatic carbocycles. The number of anilines is 1. The van der Waals surface area contributed by atoms with Crippen LogP contribution < -0.4 is 14.4 Å². The van der Waals surface area contributed by atoms with E-state index in [1.54, 1.807) is 54.6 Å². The topological polar surface area (TPSA) is 96.0 Å². The van der Waals surface area contributed by atoms with Gasteiger partial charge in [-0.3, -0.25) is 13.9 Å². The molecule has 4 aromatic rings. The molecule has 0 unspecified atom stereocenters. The number of hydrogen-bond donors (Lipinski definition) is 1. The first-order valence-electron chi connectivity index (χ1n) is 15.9. The number of carbonyl (C=O) groups is 2. The van der Waals surface area contributed by atoms with Gasteiger partial charge >= 0.3 is 0 Å². The molecule has 0 aliphatic carbocycles. The Kier molecular flexibility index (Phi) is 13.3. The van der Waals surface area contributed by atoms with E-state index >= 15 is 0 Å². The number of rotatable bonds is 16. The maximum atomic E-state index is 14.6. The molecular formula is C37H41Cl2N3O5S. The SMILES string of the molecule is CCCCNC(=O)[C@@H](Cc1ccccc1)N(Cc1ccc(Cl)cc1Cl)C(=O)CN(c1ccc(OCC)cc1)S(=O)(=O)c1ccc(C)cc1. The molecule has 1 N–H and O–H groups in total. The molecular weight excluding hydrogens is 669 g/mol. The Bertz CT molecular complexity index is 1770. The van der Waals surface area contributed by atoms with Crippen molar-refractivity contribution < 1.29 is 22.7 Å². The monoisotopic (exact) mass is 709 g/mol. The second-order valence-electron chi connectivity index (χ2n) is 11.4. The molecule has 0 bridgehead atoms. The average molecular weight is 711 g/mol. The van der Waals surface area contributed by atoms with Gasteiger partial charge in [-0.2, -0.15) is 0 Å². The first kappa shape index (κ1) is 36.8. The summed E-state index contributed by atoms with van der Waals surface area (Å²) in [6.07, 6.45) is 1.84. The molecule has 2 amide bonds. The van der Waals surface area contributed by atoms with E-state index in [1.807, 2.05) is 51.1 Å². The van der Waals surface area contributed by atoms with Crippen LogP contribution in [-0.4, -0.2) is 50.9 Å². The third kappa shape index (κ3) is 9.75. The predicted molar refractivity (Wildman–Crippen MR) is 192 cm³/mol. The molecule has 8 nitrogen and oxygen atoms in total. The fraction of sp³-hybridized carbons (Fsp3) is 0.297. The number of sulfonamides is 1. The van der Waals surface area contributed by atoms with Crippen molar-refractivity contribution in [3.05, 3.63) is 124 Å². The Morgan fingerprint density at radius 3 is 2.21 bits per heavy atom. The van der Waals surface area contributed by atoms with Crippen molar-refractivity contribution in [2.45, 2.75) is 57.5 Å². The number of unbranched alkanes of at least 4 members (excludes halogenated alkanes) is 1. The summed E-state index contributed by atoms with van der Waals surface area (Å²) < 4.78 is 35.1. The number of carbonyl (C=O) groups excluding carboxylic acids is 2. The fourth-order valence-corrected chi connectivity index (χ4v) is 7.02. The number of nitrogens with one attached hydrogen (secondary N) is 1. The van der Waals surface area contributed by atoms with Crippen molar-refractivity contribution in [1.82, 2.24) is 10.2 Å². The van der Waals surface area contributed by atoms with Gasteiger partial charge in [0.2, 0.25) is 11.8 Å². The van der Waals surface area contributed by atoms with Crippen molar-refractivity contribution in [1.29, 1.82) is 0 Å². The molecule has 0 fully saturated rings. The van der Waals surface area contributed by atoms with Crippen LogP contribution in [0.4, 0.5) is 5.69 Å². The predicted octanol–water partition coefficient (Wildman–Crippen LogP) is 7.45. The van der Waals surface area contributed by atoms with Crippen LogP contribution in [0.5, 0.6) is 5.75 Å². The lowest BCUT2D eigenvalue weighted by molar-refractivity contribution is -0.140. The zero-order valence-corrected chi connectivity index (χ0v) is 29.7. The van der Waals surface area contributed by atoms with E-state index in [2.05, 4.69) is 5.32 Å². The summed E-state index contributed by atoms with van der Waals surface area (Å²) in [7, 11) is -4.23. The molecule has 0 saturated heterocycles. The standard InChI is InChI=1S/C37H41Cl2N3O5S/c1-4-6-22-40-37(44)35(23-28-10-8-7-9-11-28)41(25-29-14-15-30(38)24-34(29)39)36(43)26-42(31-16-18-32(19-17-31)47-5-2)48(45,46)33-20-12-27(3)13-21-33/h7-21,24,35H,4-6,22-23,25-26H2,1-3H3,(H,40,44)/t35-/m1/s1. The van der Waals surface area contributed by atoms with Gasteiger partial charge in [-0.25, -0.2) is 8.42 Å². The van der Waals surface area contributed by atoms with E-state index in [9.17, 15) is 18.0 Å². The van der Waals surface area contributed by atoms with Gasteiger partial charge in [-0.15, -0.1) is 0 Å². The first-order chi connectivity index (χ1) is 23.0. The summed E-state index contributed by atoms with van der Waals surface area (Å²) in [6, 6.07) is 26.3. The van der Waals surface area contributed by atoms with Crippen molar-refractivity contribution in [3.8, 4) is 5.75 Å². The van der Waals surface area contributed by atoms with Gasteiger partial charge in [0, 0.05) is 29.6 Å². The second kappa shape index (κ2) is 17.4. The molecule has 0 spiro atoms. The third-order valence-corrected chi connectivity index (χ3v) is 10.2. The minimum absolute atomic E-state index is 0.0280. The summed E-state index contributed by atoms with van der Waals surface area (Å²) in [5.41, 5.74) is 2.55. The number of halogens is 2. The van der Waals surface area contributed by atoms with Crippen LogP contribution in [0.25, 0.3) is 0 Å². The van der Waals surface area contributed by atoms with Crippen LogP contribution in [-0.2, 0) is 32.6 Å². The smallest absolute Gasteiger partial charge is 0.264 e. The van der Waals surface area contributed by atoms with Crippen LogP contribution in [0.2, 0.25) is 10.0 Å². The second-order valence-corrected chi connectivity index (χ2v) is 14.1. The van der Waals surface area contributed by atoms with Gasteiger partial charge in [0.1, 0.15) is 18.3 Å². The highest BCUT2D eigenvalue weighted by molar-refractivity contribution is 7.92. The first-order valence-corrected chi connectivity index (χ1v) is 18.1. The van der Waals surface area contributed by atoms with E-state index in [0.717, 1.165) is 28.3 Å².